The number of benzene rings is 1. The third-order valence-corrected chi connectivity index (χ3v) is 3.97. The van der Waals surface area contributed by atoms with E-state index in [0.29, 0.717) is 24.8 Å². The molecule has 0 amide bonds. The summed E-state index contributed by atoms with van der Waals surface area (Å²) in [5, 5.41) is 3.35. The third kappa shape index (κ3) is 7.77. The van der Waals surface area contributed by atoms with Crippen molar-refractivity contribution in [3.63, 3.8) is 0 Å². The zero-order valence-electron chi connectivity index (χ0n) is 15.0. The fourth-order valence-corrected chi connectivity index (χ4v) is 2.79. The maximum atomic E-state index is 12.8. The van der Waals surface area contributed by atoms with Gasteiger partial charge < -0.3 is 19.7 Å². The van der Waals surface area contributed by atoms with Gasteiger partial charge in [0.2, 0.25) is 0 Å². The van der Waals surface area contributed by atoms with Crippen molar-refractivity contribution in [2.45, 2.75) is 19.8 Å². The summed E-state index contributed by atoms with van der Waals surface area (Å²) in [6, 6.07) is 6.09. The molecule has 0 radical (unpaired) electrons. The first-order chi connectivity index (χ1) is 11.7. The Morgan fingerprint density at radius 3 is 2.80 bits per heavy atom. The Hall–Kier alpha value is -1.09. The number of likely N-dealkylation sites (tertiary alicyclic amines) is 1. The monoisotopic (exact) mass is 465 g/mol. The summed E-state index contributed by atoms with van der Waals surface area (Å²) in [6.45, 7) is 7.03. The molecule has 0 saturated carbocycles. The van der Waals surface area contributed by atoms with Gasteiger partial charge in [0.05, 0.1) is 13.2 Å². The third-order valence-electron chi connectivity index (χ3n) is 3.97. The van der Waals surface area contributed by atoms with E-state index in [1.54, 1.807) is 19.2 Å². The zero-order chi connectivity index (χ0) is 17.2. The molecule has 1 aliphatic heterocycles. The van der Waals surface area contributed by atoms with E-state index in [-0.39, 0.29) is 29.8 Å². The number of rotatable bonds is 8. The highest BCUT2D eigenvalue weighted by Crippen LogP contribution is 2.16. The molecule has 1 aromatic rings. The summed E-state index contributed by atoms with van der Waals surface area (Å²) in [5.74, 6) is 1.99. The van der Waals surface area contributed by atoms with E-state index in [1.165, 1.54) is 12.1 Å². The highest BCUT2D eigenvalue weighted by molar-refractivity contribution is 14.0. The van der Waals surface area contributed by atoms with Gasteiger partial charge in [0, 0.05) is 45.6 Å². The van der Waals surface area contributed by atoms with Crippen LogP contribution in [-0.2, 0) is 4.74 Å². The zero-order valence-corrected chi connectivity index (χ0v) is 17.4. The number of nitrogens with one attached hydrogen (secondary N) is 1. The fraction of sp³-hybridized carbons (Fsp3) is 0.611. The highest BCUT2D eigenvalue weighted by Gasteiger charge is 2.24. The number of methoxy groups -OCH3 is 1. The standard InChI is InChI=1S/C18H28FN3O2.HI/c1-3-20-18(22-11-9-15(13-22)14-23-2)21-10-4-12-24-17-7-5-16(19)6-8-17;/h5-8,15H,3-4,9-14H2,1-2H3,(H,20,21);1H. The Balaban J connectivity index is 0.00000312. The maximum Gasteiger partial charge on any atom is 0.193 e. The number of hydrogen-bond acceptors (Lipinski definition) is 3. The molecule has 1 fully saturated rings. The lowest BCUT2D eigenvalue weighted by atomic mass is 10.1. The molecule has 7 heteroatoms. The minimum Gasteiger partial charge on any atom is -0.494 e. The number of nitrogens with zero attached hydrogens (tertiary/aromatic N) is 2. The molecule has 1 aliphatic rings. The topological polar surface area (TPSA) is 46.1 Å². The fourth-order valence-electron chi connectivity index (χ4n) is 2.79. The van der Waals surface area contributed by atoms with Gasteiger partial charge >= 0.3 is 0 Å². The highest BCUT2D eigenvalue weighted by atomic mass is 127. The minimum absolute atomic E-state index is 0. The quantitative estimate of drug-likeness (QED) is 0.278. The molecule has 1 aromatic carbocycles. The summed E-state index contributed by atoms with van der Waals surface area (Å²) >= 11 is 0. The van der Waals surface area contributed by atoms with Crippen LogP contribution in [0, 0.1) is 11.7 Å². The predicted molar refractivity (Wildman–Crippen MR) is 109 cm³/mol. The Labute approximate surface area is 167 Å². The number of aliphatic imine (C=N–C) groups is 1. The van der Waals surface area contributed by atoms with Crippen LogP contribution in [0.15, 0.2) is 29.3 Å². The van der Waals surface area contributed by atoms with Crippen LogP contribution >= 0.6 is 24.0 Å². The van der Waals surface area contributed by atoms with Crippen LogP contribution in [0.5, 0.6) is 5.75 Å². The molecular formula is C18H29FIN3O2. The van der Waals surface area contributed by atoms with Crippen molar-refractivity contribution in [3.8, 4) is 5.75 Å². The van der Waals surface area contributed by atoms with Crippen molar-refractivity contribution >= 4 is 29.9 Å². The lowest BCUT2D eigenvalue weighted by Gasteiger charge is -2.21. The lowest BCUT2D eigenvalue weighted by Crippen LogP contribution is -2.40. The molecule has 0 aliphatic carbocycles. The summed E-state index contributed by atoms with van der Waals surface area (Å²) < 4.78 is 23.7. The second-order valence-electron chi connectivity index (χ2n) is 5.95. The predicted octanol–water partition coefficient (Wildman–Crippen LogP) is 3.15. The summed E-state index contributed by atoms with van der Waals surface area (Å²) in [5.41, 5.74) is 0. The van der Waals surface area contributed by atoms with Gasteiger partial charge in [-0.3, -0.25) is 4.99 Å². The van der Waals surface area contributed by atoms with E-state index in [0.717, 1.165) is 45.0 Å². The Bertz CT molecular complexity index is 514. The van der Waals surface area contributed by atoms with Crippen LogP contribution in [0.3, 0.4) is 0 Å². The first kappa shape index (κ1) is 22.0. The summed E-state index contributed by atoms with van der Waals surface area (Å²) in [6.07, 6.45) is 1.97. The SMILES string of the molecule is CCNC(=NCCCOc1ccc(F)cc1)N1CCC(COC)C1.I. The second-order valence-corrected chi connectivity index (χ2v) is 5.95. The van der Waals surface area contributed by atoms with E-state index >= 15 is 0 Å². The number of hydrogen-bond donors (Lipinski definition) is 1. The largest absolute Gasteiger partial charge is 0.494 e. The normalized spacial score (nSPS) is 17.3. The van der Waals surface area contributed by atoms with Gasteiger partial charge in [-0.2, -0.15) is 0 Å². The number of guanidine groups is 1. The van der Waals surface area contributed by atoms with Gasteiger partial charge in [0.15, 0.2) is 5.96 Å². The maximum absolute atomic E-state index is 12.8. The molecule has 0 bridgehead atoms. The molecule has 5 nitrogen and oxygen atoms in total. The van der Waals surface area contributed by atoms with Gasteiger partial charge in [0.25, 0.3) is 0 Å². The number of ether oxygens (including phenoxy) is 2. The first-order valence-electron chi connectivity index (χ1n) is 8.63. The van der Waals surface area contributed by atoms with Crippen molar-refractivity contribution in [2.75, 3.05) is 46.5 Å². The van der Waals surface area contributed by atoms with E-state index < -0.39 is 0 Å². The van der Waals surface area contributed by atoms with Gasteiger partial charge in [-0.15, -0.1) is 24.0 Å². The molecule has 1 saturated heterocycles. The molecule has 0 aromatic heterocycles. The Kier molecular flexibility index (Phi) is 10.8. The summed E-state index contributed by atoms with van der Waals surface area (Å²) in [4.78, 5) is 6.99. The molecular weight excluding hydrogens is 436 g/mol. The average Bonchev–Trinajstić information content (AvgIpc) is 3.04. The van der Waals surface area contributed by atoms with Gasteiger partial charge in [-0.25, -0.2) is 4.39 Å². The van der Waals surface area contributed by atoms with Gasteiger partial charge in [-0.05, 0) is 37.6 Å². The molecule has 1 N–H and O–H groups in total. The molecule has 1 heterocycles. The van der Waals surface area contributed by atoms with Crippen molar-refractivity contribution in [1.29, 1.82) is 0 Å². The smallest absolute Gasteiger partial charge is 0.193 e. The Morgan fingerprint density at radius 2 is 2.12 bits per heavy atom. The number of halogens is 2. The van der Waals surface area contributed by atoms with Crippen molar-refractivity contribution in [2.24, 2.45) is 10.9 Å². The average molecular weight is 465 g/mol. The molecule has 2 rings (SSSR count). The van der Waals surface area contributed by atoms with E-state index in [4.69, 9.17) is 9.47 Å². The van der Waals surface area contributed by atoms with Crippen molar-refractivity contribution in [1.82, 2.24) is 10.2 Å². The molecule has 142 valence electrons. The second kappa shape index (κ2) is 12.3. The van der Waals surface area contributed by atoms with Crippen LogP contribution in [-0.4, -0.2) is 57.4 Å². The van der Waals surface area contributed by atoms with E-state index in [1.807, 2.05) is 0 Å². The first-order valence-corrected chi connectivity index (χ1v) is 8.63. The molecule has 25 heavy (non-hydrogen) atoms. The van der Waals surface area contributed by atoms with Crippen LogP contribution in [0.2, 0.25) is 0 Å². The summed E-state index contributed by atoms with van der Waals surface area (Å²) in [7, 11) is 1.75. The van der Waals surface area contributed by atoms with E-state index in [2.05, 4.69) is 22.1 Å². The molecule has 1 atom stereocenters. The molecule has 0 spiro atoms. The van der Waals surface area contributed by atoms with Crippen LogP contribution in [0.1, 0.15) is 19.8 Å². The van der Waals surface area contributed by atoms with Gasteiger partial charge in [0.1, 0.15) is 11.6 Å². The Morgan fingerprint density at radius 1 is 1.36 bits per heavy atom. The van der Waals surface area contributed by atoms with Crippen molar-refractivity contribution < 1.29 is 13.9 Å². The lowest BCUT2D eigenvalue weighted by molar-refractivity contribution is 0.157. The van der Waals surface area contributed by atoms with Crippen molar-refractivity contribution in [3.05, 3.63) is 30.1 Å². The molecule has 1 unspecified atom stereocenters. The minimum atomic E-state index is -0.250. The van der Waals surface area contributed by atoms with Crippen LogP contribution in [0.4, 0.5) is 4.39 Å². The van der Waals surface area contributed by atoms with Gasteiger partial charge in [-0.1, -0.05) is 0 Å². The van der Waals surface area contributed by atoms with Crippen LogP contribution < -0.4 is 10.1 Å². The van der Waals surface area contributed by atoms with Crippen LogP contribution in [0.25, 0.3) is 0 Å². The van der Waals surface area contributed by atoms with E-state index in [9.17, 15) is 4.39 Å².